The molecule has 21 heavy (non-hydrogen) atoms. The average Bonchev–Trinajstić information content (AvgIpc) is 2.25. The lowest BCUT2D eigenvalue weighted by atomic mass is 9.84. The highest BCUT2D eigenvalue weighted by Crippen LogP contribution is 2.25. The molecule has 124 valence electrons. The standard InChI is InChI=1S/C18H37N3/c1-17(2,3)13-21-9-7-14(8-10-21)19-15-11-16(12-15)20-18(4,5)6/h14-16,19-20H,7-13H2,1-6H3. The smallest absolute Gasteiger partial charge is 0.0101 e. The maximum atomic E-state index is 3.89. The third-order valence-corrected chi connectivity index (χ3v) is 4.53. The van der Waals surface area contributed by atoms with Crippen molar-refractivity contribution in [2.24, 2.45) is 5.41 Å². The van der Waals surface area contributed by atoms with E-state index in [2.05, 4.69) is 57.1 Å². The zero-order valence-electron chi connectivity index (χ0n) is 15.1. The van der Waals surface area contributed by atoms with Gasteiger partial charge in [-0.05, 0) is 65.0 Å². The molecule has 2 N–H and O–H groups in total. The summed E-state index contributed by atoms with van der Waals surface area (Å²) in [6, 6.07) is 2.23. The van der Waals surface area contributed by atoms with Gasteiger partial charge in [-0.2, -0.15) is 0 Å². The van der Waals surface area contributed by atoms with Crippen molar-refractivity contribution in [2.45, 2.75) is 90.9 Å². The Kier molecular flexibility index (Phi) is 5.38. The van der Waals surface area contributed by atoms with E-state index in [0.717, 1.165) is 18.1 Å². The van der Waals surface area contributed by atoms with Crippen LogP contribution in [0.3, 0.4) is 0 Å². The molecule has 0 spiro atoms. The molecule has 2 rings (SSSR count). The molecule has 0 atom stereocenters. The molecule has 1 saturated heterocycles. The molecular weight excluding hydrogens is 258 g/mol. The van der Waals surface area contributed by atoms with Crippen LogP contribution in [-0.4, -0.2) is 48.2 Å². The van der Waals surface area contributed by atoms with Crippen LogP contribution in [0.25, 0.3) is 0 Å². The van der Waals surface area contributed by atoms with Crippen molar-refractivity contribution in [3.8, 4) is 0 Å². The molecular formula is C18H37N3. The molecule has 0 radical (unpaired) electrons. The summed E-state index contributed by atoms with van der Waals surface area (Å²) < 4.78 is 0. The van der Waals surface area contributed by atoms with Crippen LogP contribution < -0.4 is 10.6 Å². The van der Waals surface area contributed by atoms with Crippen LogP contribution in [0.1, 0.15) is 67.2 Å². The molecule has 3 nitrogen and oxygen atoms in total. The highest BCUT2D eigenvalue weighted by atomic mass is 15.2. The van der Waals surface area contributed by atoms with E-state index < -0.39 is 0 Å². The number of rotatable bonds is 4. The van der Waals surface area contributed by atoms with Crippen LogP contribution in [0.4, 0.5) is 0 Å². The van der Waals surface area contributed by atoms with Crippen molar-refractivity contribution < 1.29 is 0 Å². The first-order chi connectivity index (χ1) is 9.61. The summed E-state index contributed by atoms with van der Waals surface area (Å²) in [6.45, 7) is 17.6. The minimum atomic E-state index is 0.258. The van der Waals surface area contributed by atoms with Gasteiger partial charge in [0.15, 0.2) is 0 Å². The van der Waals surface area contributed by atoms with E-state index in [4.69, 9.17) is 0 Å². The molecule has 2 fully saturated rings. The first-order valence-corrected chi connectivity index (χ1v) is 8.87. The Morgan fingerprint density at radius 1 is 0.857 bits per heavy atom. The third-order valence-electron chi connectivity index (χ3n) is 4.53. The molecule has 3 heteroatoms. The third kappa shape index (κ3) is 6.25. The monoisotopic (exact) mass is 295 g/mol. The number of nitrogens with zero attached hydrogens (tertiary/aromatic N) is 1. The van der Waals surface area contributed by atoms with Gasteiger partial charge in [0, 0.05) is 30.2 Å². The van der Waals surface area contributed by atoms with Crippen molar-refractivity contribution in [1.82, 2.24) is 15.5 Å². The first-order valence-electron chi connectivity index (χ1n) is 8.87. The normalized spacial score (nSPS) is 29.4. The summed E-state index contributed by atoms with van der Waals surface area (Å²) in [4.78, 5) is 2.64. The van der Waals surface area contributed by atoms with Crippen molar-refractivity contribution in [3.05, 3.63) is 0 Å². The Morgan fingerprint density at radius 3 is 1.90 bits per heavy atom. The largest absolute Gasteiger partial charge is 0.311 e. The molecule has 0 amide bonds. The van der Waals surface area contributed by atoms with Crippen molar-refractivity contribution in [1.29, 1.82) is 0 Å². The van der Waals surface area contributed by atoms with Gasteiger partial charge < -0.3 is 15.5 Å². The Balaban J connectivity index is 1.60. The second kappa shape index (κ2) is 6.55. The van der Waals surface area contributed by atoms with Gasteiger partial charge in [0.05, 0.1) is 0 Å². The van der Waals surface area contributed by atoms with E-state index in [1.807, 2.05) is 0 Å². The van der Waals surface area contributed by atoms with Gasteiger partial charge in [-0.25, -0.2) is 0 Å². The fourth-order valence-corrected chi connectivity index (χ4v) is 3.75. The highest BCUT2D eigenvalue weighted by molar-refractivity contribution is 4.95. The Labute approximate surface area is 132 Å². The number of likely N-dealkylation sites (tertiary alicyclic amines) is 1. The molecule has 1 saturated carbocycles. The number of hydrogen-bond donors (Lipinski definition) is 2. The lowest BCUT2D eigenvalue weighted by Crippen LogP contribution is -2.58. The van der Waals surface area contributed by atoms with Gasteiger partial charge in [-0.3, -0.25) is 0 Å². The summed E-state index contributed by atoms with van der Waals surface area (Å²) >= 11 is 0. The minimum absolute atomic E-state index is 0.258. The molecule has 2 aliphatic rings. The van der Waals surface area contributed by atoms with E-state index in [1.54, 1.807) is 0 Å². The average molecular weight is 296 g/mol. The van der Waals surface area contributed by atoms with E-state index >= 15 is 0 Å². The van der Waals surface area contributed by atoms with Gasteiger partial charge >= 0.3 is 0 Å². The maximum absolute atomic E-state index is 3.89. The van der Waals surface area contributed by atoms with Crippen molar-refractivity contribution in [3.63, 3.8) is 0 Å². The predicted molar refractivity (Wildman–Crippen MR) is 91.8 cm³/mol. The second-order valence-corrected chi connectivity index (χ2v) is 9.54. The summed E-state index contributed by atoms with van der Waals surface area (Å²) in [7, 11) is 0. The summed E-state index contributed by atoms with van der Waals surface area (Å²) in [5.74, 6) is 0. The van der Waals surface area contributed by atoms with Crippen molar-refractivity contribution >= 4 is 0 Å². The zero-order valence-corrected chi connectivity index (χ0v) is 15.1. The SMILES string of the molecule is CC(C)(C)CN1CCC(NC2CC(NC(C)(C)C)C2)CC1. The maximum Gasteiger partial charge on any atom is 0.0101 e. The van der Waals surface area contributed by atoms with E-state index in [-0.39, 0.29) is 5.54 Å². The van der Waals surface area contributed by atoms with Crippen LogP contribution in [0.5, 0.6) is 0 Å². The Hall–Kier alpha value is -0.120. The lowest BCUT2D eigenvalue weighted by molar-refractivity contribution is 0.127. The molecule has 1 aliphatic heterocycles. The van der Waals surface area contributed by atoms with E-state index in [9.17, 15) is 0 Å². The van der Waals surface area contributed by atoms with E-state index in [1.165, 1.54) is 45.3 Å². The number of nitrogens with one attached hydrogen (secondary N) is 2. The van der Waals surface area contributed by atoms with Gasteiger partial charge in [0.2, 0.25) is 0 Å². The fourth-order valence-electron chi connectivity index (χ4n) is 3.75. The van der Waals surface area contributed by atoms with Crippen molar-refractivity contribution in [2.75, 3.05) is 19.6 Å². The topological polar surface area (TPSA) is 27.3 Å². The van der Waals surface area contributed by atoms with Gasteiger partial charge in [0.1, 0.15) is 0 Å². The van der Waals surface area contributed by atoms with E-state index in [0.29, 0.717) is 5.41 Å². The van der Waals surface area contributed by atoms with Crippen LogP contribution in [0, 0.1) is 5.41 Å². The number of hydrogen-bond acceptors (Lipinski definition) is 3. The number of piperidine rings is 1. The zero-order chi connectivity index (χ0) is 15.7. The minimum Gasteiger partial charge on any atom is -0.311 e. The van der Waals surface area contributed by atoms with Crippen LogP contribution in [0.15, 0.2) is 0 Å². The van der Waals surface area contributed by atoms with Gasteiger partial charge in [-0.1, -0.05) is 20.8 Å². The summed E-state index contributed by atoms with van der Waals surface area (Å²) in [5.41, 5.74) is 0.689. The molecule has 1 aliphatic carbocycles. The molecule has 0 unspecified atom stereocenters. The van der Waals surface area contributed by atoms with Gasteiger partial charge in [0.25, 0.3) is 0 Å². The Bertz CT molecular complexity index is 312. The van der Waals surface area contributed by atoms with Gasteiger partial charge in [-0.15, -0.1) is 0 Å². The highest BCUT2D eigenvalue weighted by Gasteiger charge is 2.33. The van der Waals surface area contributed by atoms with Crippen LogP contribution >= 0.6 is 0 Å². The molecule has 0 aromatic carbocycles. The fraction of sp³-hybridized carbons (Fsp3) is 1.00. The summed E-state index contributed by atoms with van der Waals surface area (Å²) in [6.07, 6.45) is 5.26. The molecule has 0 aromatic rings. The summed E-state index contributed by atoms with van der Waals surface area (Å²) in [5, 5.41) is 7.60. The lowest BCUT2D eigenvalue weighted by Gasteiger charge is -2.44. The Morgan fingerprint density at radius 2 is 1.43 bits per heavy atom. The van der Waals surface area contributed by atoms with Crippen LogP contribution in [-0.2, 0) is 0 Å². The quantitative estimate of drug-likeness (QED) is 0.835. The second-order valence-electron chi connectivity index (χ2n) is 9.54. The molecule has 0 aromatic heterocycles. The first kappa shape index (κ1) is 17.2. The van der Waals surface area contributed by atoms with Crippen LogP contribution in [0.2, 0.25) is 0 Å². The molecule has 0 bridgehead atoms. The molecule has 1 heterocycles. The predicted octanol–water partition coefficient (Wildman–Crippen LogP) is 3.01.